The van der Waals surface area contributed by atoms with Gasteiger partial charge in [-0.1, -0.05) is 0 Å². The standard InChI is InChI=1S/C11H12N4O4S/c1-15-10(3-5-13-15)20(18,19)14-7-9-6-8(11(16)17)2-4-12-9/h2-6,14H,7H2,1H3,(H,16,17). The Hall–Kier alpha value is -2.26. The van der Waals surface area contributed by atoms with Crippen LogP contribution in [0.15, 0.2) is 35.6 Å². The number of carbonyl (C=O) groups is 1. The quantitative estimate of drug-likeness (QED) is 0.802. The lowest BCUT2D eigenvalue weighted by molar-refractivity contribution is 0.0696. The number of sulfonamides is 1. The van der Waals surface area contributed by atoms with Crippen LogP contribution in [0, 0.1) is 0 Å². The summed E-state index contributed by atoms with van der Waals surface area (Å²) in [5.74, 6) is -1.09. The van der Waals surface area contributed by atoms with Crippen LogP contribution in [0.5, 0.6) is 0 Å². The molecular formula is C11H12N4O4S. The Kier molecular flexibility index (Phi) is 3.81. The van der Waals surface area contributed by atoms with Gasteiger partial charge in [-0.2, -0.15) is 5.10 Å². The van der Waals surface area contributed by atoms with E-state index in [1.54, 1.807) is 0 Å². The van der Waals surface area contributed by atoms with Crippen LogP contribution in [0.4, 0.5) is 0 Å². The summed E-state index contributed by atoms with van der Waals surface area (Å²) in [7, 11) is -2.20. The van der Waals surface area contributed by atoms with Gasteiger partial charge in [-0.05, 0) is 18.2 Å². The second-order valence-electron chi connectivity index (χ2n) is 3.96. The lowest BCUT2D eigenvalue weighted by Gasteiger charge is -2.06. The van der Waals surface area contributed by atoms with Gasteiger partial charge >= 0.3 is 5.97 Å². The van der Waals surface area contributed by atoms with Gasteiger partial charge in [0, 0.05) is 13.2 Å². The van der Waals surface area contributed by atoms with E-state index in [4.69, 9.17) is 5.11 Å². The van der Waals surface area contributed by atoms with Gasteiger partial charge in [0.2, 0.25) is 0 Å². The van der Waals surface area contributed by atoms with Gasteiger partial charge in [0.1, 0.15) is 0 Å². The molecule has 0 bridgehead atoms. The van der Waals surface area contributed by atoms with Crippen LogP contribution in [0.3, 0.4) is 0 Å². The SMILES string of the molecule is Cn1nccc1S(=O)(=O)NCc1cc(C(=O)O)ccn1. The number of carboxylic acid groups (broad SMARTS) is 1. The molecule has 0 aliphatic carbocycles. The molecule has 0 aliphatic heterocycles. The highest BCUT2D eigenvalue weighted by Crippen LogP contribution is 2.07. The third-order valence-electron chi connectivity index (χ3n) is 2.56. The molecular weight excluding hydrogens is 284 g/mol. The minimum atomic E-state index is -3.72. The Balaban J connectivity index is 2.15. The van der Waals surface area contributed by atoms with E-state index < -0.39 is 16.0 Å². The summed E-state index contributed by atoms with van der Waals surface area (Å²) in [6, 6.07) is 4.01. The van der Waals surface area contributed by atoms with E-state index in [0.29, 0.717) is 5.69 Å². The van der Waals surface area contributed by atoms with Crippen LogP contribution in [-0.2, 0) is 23.6 Å². The zero-order chi connectivity index (χ0) is 14.8. The Morgan fingerprint density at radius 2 is 2.15 bits per heavy atom. The van der Waals surface area contributed by atoms with Gasteiger partial charge in [0.25, 0.3) is 10.0 Å². The summed E-state index contributed by atoms with van der Waals surface area (Å²) in [5, 5.41) is 12.6. The monoisotopic (exact) mass is 296 g/mol. The average molecular weight is 296 g/mol. The first kappa shape index (κ1) is 14.2. The van der Waals surface area contributed by atoms with Crippen LogP contribution in [0.25, 0.3) is 0 Å². The number of nitrogens with zero attached hydrogens (tertiary/aromatic N) is 3. The minimum Gasteiger partial charge on any atom is -0.478 e. The van der Waals surface area contributed by atoms with Crippen molar-refractivity contribution in [2.45, 2.75) is 11.6 Å². The minimum absolute atomic E-state index is 0.0203. The number of aryl methyl sites for hydroxylation is 1. The summed E-state index contributed by atoms with van der Waals surface area (Å²) >= 11 is 0. The highest BCUT2D eigenvalue weighted by molar-refractivity contribution is 7.89. The fourth-order valence-corrected chi connectivity index (χ4v) is 2.70. The molecule has 2 aromatic rings. The first-order chi connectivity index (χ1) is 9.40. The second kappa shape index (κ2) is 5.39. The van der Waals surface area contributed by atoms with Crippen molar-refractivity contribution in [3.05, 3.63) is 41.9 Å². The van der Waals surface area contributed by atoms with Gasteiger partial charge in [-0.3, -0.25) is 9.67 Å². The van der Waals surface area contributed by atoms with E-state index in [1.165, 1.54) is 42.3 Å². The van der Waals surface area contributed by atoms with Crippen molar-refractivity contribution in [2.24, 2.45) is 7.05 Å². The number of rotatable bonds is 5. The Labute approximate surface area is 115 Å². The molecule has 0 unspecified atom stereocenters. The van der Waals surface area contributed by atoms with Crippen molar-refractivity contribution < 1.29 is 18.3 Å². The number of hydrogen-bond donors (Lipinski definition) is 2. The predicted octanol–water partition coefficient (Wildman–Crippen LogP) is -0.00820. The average Bonchev–Trinajstić information content (AvgIpc) is 2.84. The molecule has 0 aliphatic rings. The van der Waals surface area contributed by atoms with Crippen LogP contribution >= 0.6 is 0 Å². The van der Waals surface area contributed by atoms with E-state index in [2.05, 4.69) is 14.8 Å². The molecule has 9 heteroatoms. The fraction of sp³-hybridized carbons (Fsp3) is 0.182. The summed E-state index contributed by atoms with van der Waals surface area (Å²) in [4.78, 5) is 14.7. The molecule has 2 heterocycles. The third-order valence-corrected chi connectivity index (χ3v) is 4.03. The maximum atomic E-state index is 12.0. The first-order valence-electron chi connectivity index (χ1n) is 5.56. The predicted molar refractivity (Wildman–Crippen MR) is 68.4 cm³/mol. The Morgan fingerprint density at radius 3 is 2.75 bits per heavy atom. The van der Waals surface area contributed by atoms with Crippen molar-refractivity contribution >= 4 is 16.0 Å². The molecule has 106 valence electrons. The van der Waals surface area contributed by atoms with E-state index >= 15 is 0 Å². The molecule has 8 nitrogen and oxygen atoms in total. The molecule has 0 saturated carbocycles. The molecule has 2 N–H and O–H groups in total. The summed E-state index contributed by atoms with van der Waals surface area (Å²) in [6.07, 6.45) is 2.69. The number of aromatic nitrogens is 3. The summed E-state index contributed by atoms with van der Waals surface area (Å²) in [5.41, 5.74) is 0.366. The molecule has 2 aromatic heterocycles. The van der Waals surface area contributed by atoms with Gasteiger partial charge in [0.05, 0.1) is 24.0 Å². The van der Waals surface area contributed by atoms with Crippen molar-refractivity contribution in [2.75, 3.05) is 0 Å². The summed E-state index contributed by atoms with van der Waals surface area (Å²) < 4.78 is 27.5. The lowest BCUT2D eigenvalue weighted by atomic mass is 10.2. The molecule has 20 heavy (non-hydrogen) atoms. The number of aromatic carboxylic acids is 1. The smallest absolute Gasteiger partial charge is 0.335 e. The largest absolute Gasteiger partial charge is 0.478 e. The van der Waals surface area contributed by atoms with E-state index in [0.717, 1.165) is 0 Å². The molecule has 2 rings (SSSR count). The van der Waals surface area contributed by atoms with Gasteiger partial charge in [0.15, 0.2) is 5.03 Å². The van der Waals surface area contributed by atoms with Gasteiger partial charge < -0.3 is 5.11 Å². The molecule has 0 fully saturated rings. The highest BCUT2D eigenvalue weighted by Gasteiger charge is 2.17. The van der Waals surface area contributed by atoms with E-state index in [-0.39, 0.29) is 17.1 Å². The van der Waals surface area contributed by atoms with Crippen molar-refractivity contribution in [3.63, 3.8) is 0 Å². The van der Waals surface area contributed by atoms with Crippen molar-refractivity contribution in [3.8, 4) is 0 Å². The van der Waals surface area contributed by atoms with Crippen LogP contribution in [0.2, 0.25) is 0 Å². The van der Waals surface area contributed by atoms with Crippen molar-refractivity contribution in [1.82, 2.24) is 19.5 Å². The number of hydrogen-bond acceptors (Lipinski definition) is 5. The molecule has 0 spiro atoms. The summed E-state index contributed by atoms with van der Waals surface area (Å²) in [6.45, 7) is -0.103. The maximum Gasteiger partial charge on any atom is 0.335 e. The topological polar surface area (TPSA) is 114 Å². The molecule has 0 saturated heterocycles. The Bertz CT molecular complexity index is 738. The van der Waals surface area contributed by atoms with Gasteiger partial charge in [-0.15, -0.1) is 0 Å². The van der Waals surface area contributed by atoms with Crippen LogP contribution in [-0.4, -0.2) is 34.3 Å². The van der Waals surface area contributed by atoms with E-state index in [1.807, 2.05) is 0 Å². The molecule has 0 atom stereocenters. The normalized spacial score (nSPS) is 11.4. The Morgan fingerprint density at radius 1 is 1.40 bits per heavy atom. The number of pyridine rings is 1. The highest BCUT2D eigenvalue weighted by atomic mass is 32.2. The van der Waals surface area contributed by atoms with Crippen LogP contribution < -0.4 is 4.72 Å². The van der Waals surface area contributed by atoms with E-state index in [9.17, 15) is 13.2 Å². The van der Waals surface area contributed by atoms with Crippen molar-refractivity contribution in [1.29, 1.82) is 0 Å². The first-order valence-corrected chi connectivity index (χ1v) is 7.04. The zero-order valence-electron chi connectivity index (χ0n) is 10.5. The fourth-order valence-electron chi connectivity index (χ4n) is 1.58. The third kappa shape index (κ3) is 3.00. The number of carboxylic acids is 1. The van der Waals surface area contributed by atoms with Gasteiger partial charge in [-0.25, -0.2) is 17.9 Å². The molecule has 0 amide bonds. The maximum absolute atomic E-state index is 12.0. The number of nitrogens with one attached hydrogen (secondary N) is 1. The molecule has 0 aromatic carbocycles. The second-order valence-corrected chi connectivity index (χ2v) is 5.67. The zero-order valence-corrected chi connectivity index (χ0v) is 11.3. The molecule has 0 radical (unpaired) electrons. The van der Waals surface area contributed by atoms with Crippen LogP contribution in [0.1, 0.15) is 16.1 Å². The lowest BCUT2D eigenvalue weighted by Crippen LogP contribution is -2.25.